The maximum atomic E-state index is 11.1. The largest absolute Gasteiger partial charge is 0.481 e. The van der Waals surface area contributed by atoms with E-state index in [9.17, 15) is 14.7 Å². The summed E-state index contributed by atoms with van der Waals surface area (Å²) in [5.41, 5.74) is -0.818. The molecule has 0 radical (unpaired) electrons. The fourth-order valence-corrected chi connectivity index (χ4v) is 3.63. The van der Waals surface area contributed by atoms with Gasteiger partial charge in [-0.05, 0) is 51.4 Å². The summed E-state index contributed by atoms with van der Waals surface area (Å²) in [5.74, 6) is -1.28. The summed E-state index contributed by atoms with van der Waals surface area (Å²) in [4.78, 5) is 22.1. The van der Waals surface area contributed by atoms with Crippen LogP contribution < -0.4 is 0 Å². The zero-order chi connectivity index (χ0) is 17.6. The molecule has 0 saturated heterocycles. The molecule has 5 heteroatoms. The van der Waals surface area contributed by atoms with Gasteiger partial charge in [0.1, 0.15) is 0 Å². The number of unbranched alkanes of at least 4 members (excludes halogenated alkanes) is 4. The highest BCUT2D eigenvalue weighted by molar-refractivity contribution is 5.78. The van der Waals surface area contributed by atoms with Crippen LogP contribution in [0.5, 0.6) is 0 Å². The molecule has 0 aliphatic heterocycles. The third-order valence-electron chi connectivity index (χ3n) is 6.00. The van der Waals surface area contributed by atoms with Crippen LogP contribution in [-0.2, 0) is 9.59 Å². The van der Waals surface area contributed by atoms with E-state index in [-0.39, 0.29) is 6.10 Å². The first-order valence-corrected chi connectivity index (χ1v) is 9.55. The summed E-state index contributed by atoms with van der Waals surface area (Å²) < 4.78 is 0. The lowest BCUT2D eigenvalue weighted by molar-refractivity contribution is -0.144. The SMILES string of the molecule is O=C(O)C1(CCCCCC(O)CCCCCC2(C(=O)O)CC2)CC1. The van der Waals surface area contributed by atoms with Crippen LogP contribution >= 0.6 is 0 Å². The number of aliphatic carboxylic acids is 2. The molecule has 5 nitrogen and oxygen atoms in total. The fourth-order valence-electron chi connectivity index (χ4n) is 3.63. The van der Waals surface area contributed by atoms with Gasteiger partial charge in [-0.15, -0.1) is 0 Å². The highest BCUT2D eigenvalue weighted by Gasteiger charge is 2.49. The number of rotatable bonds is 14. The van der Waals surface area contributed by atoms with Gasteiger partial charge in [-0.2, -0.15) is 0 Å². The van der Waals surface area contributed by atoms with Gasteiger partial charge in [0.2, 0.25) is 0 Å². The van der Waals surface area contributed by atoms with Crippen LogP contribution in [0, 0.1) is 10.8 Å². The lowest BCUT2D eigenvalue weighted by atomic mass is 9.96. The van der Waals surface area contributed by atoms with E-state index >= 15 is 0 Å². The van der Waals surface area contributed by atoms with E-state index in [0.717, 1.165) is 89.9 Å². The van der Waals surface area contributed by atoms with Crippen molar-refractivity contribution in [3.8, 4) is 0 Å². The Hall–Kier alpha value is -1.10. The first-order chi connectivity index (χ1) is 11.4. The molecule has 2 saturated carbocycles. The lowest BCUT2D eigenvalue weighted by Crippen LogP contribution is -2.14. The summed E-state index contributed by atoms with van der Waals surface area (Å²) in [6.45, 7) is 0. The standard InChI is InChI=1S/C19H32O5/c20-15(7-3-1-5-9-18(11-12-18)16(21)22)8-4-2-6-10-19(13-14-19)17(23)24/h15,20H,1-14H2,(H,21,22)(H,23,24). The number of aliphatic hydroxyl groups excluding tert-OH is 1. The Morgan fingerprint density at radius 3 is 1.38 bits per heavy atom. The minimum atomic E-state index is -0.640. The fraction of sp³-hybridized carbons (Fsp3) is 0.895. The zero-order valence-corrected chi connectivity index (χ0v) is 14.6. The van der Waals surface area contributed by atoms with Crippen molar-refractivity contribution in [3.63, 3.8) is 0 Å². The van der Waals surface area contributed by atoms with Crippen LogP contribution in [0.15, 0.2) is 0 Å². The lowest BCUT2D eigenvalue weighted by Gasteiger charge is -2.12. The van der Waals surface area contributed by atoms with Gasteiger partial charge in [-0.25, -0.2) is 0 Å². The molecule has 2 aliphatic carbocycles. The molecule has 3 N–H and O–H groups in total. The maximum absolute atomic E-state index is 11.1. The van der Waals surface area contributed by atoms with E-state index in [2.05, 4.69) is 0 Å². The summed E-state index contributed by atoms with van der Waals surface area (Å²) in [5, 5.41) is 28.2. The van der Waals surface area contributed by atoms with Gasteiger partial charge in [0.25, 0.3) is 0 Å². The highest BCUT2D eigenvalue weighted by atomic mass is 16.4. The Morgan fingerprint density at radius 2 is 1.08 bits per heavy atom. The third-order valence-corrected chi connectivity index (χ3v) is 6.00. The van der Waals surface area contributed by atoms with Crippen LogP contribution in [0.2, 0.25) is 0 Å². The third kappa shape index (κ3) is 5.47. The van der Waals surface area contributed by atoms with E-state index in [0.29, 0.717) is 0 Å². The second kappa shape index (κ2) is 8.32. The Morgan fingerprint density at radius 1 is 0.708 bits per heavy atom. The molecule has 0 aromatic carbocycles. The van der Waals surface area contributed by atoms with Crippen LogP contribution in [0.3, 0.4) is 0 Å². The predicted molar refractivity (Wildman–Crippen MR) is 90.8 cm³/mol. The molecule has 2 aliphatic rings. The quantitative estimate of drug-likeness (QED) is 0.416. The molecule has 0 amide bonds. The van der Waals surface area contributed by atoms with Gasteiger partial charge >= 0.3 is 11.9 Å². The first kappa shape index (κ1) is 19.2. The predicted octanol–water partition coefficient (Wildman–Crippen LogP) is 3.98. The normalized spacial score (nSPS) is 20.1. The topological polar surface area (TPSA) is 94.8 Å². The van der Waals surface area contributed by atoms with Gasteiger partial charge in [0.05, 0.1) is 16.9 Å². The van der Waals surface area contributed by atoms with Gasteiger partial charge in [0, 0.05) is 0 Å². The molecule has 24 heavy (non-hydrogen) atoms. The van der Waals surface area contributed by atoms with Gasteiger partial charge in [-0.3, -0.25) is 9.59 Å². The molecule has 2 rings (SSSR count). The Labute approximate surface area is 144 Å². The second-order valence-electron chi connectivity index (χ2n) is 8.02. The molecule has 0 unspecified atom stereocenters. The van der Waals surface area contributed by atoms with E-state index in [1.54, 1.807) is 0 Å². The molecule has 0 aromatic rings. The molecule has 2 fully saturated rings. The second-order valence-corrected chi connectivity index (χ2v) is 8.02. The van der Waals surface area contributed by atoms with Crippen molar-refractivity contribution in [1.29, 1.82) is 0 Å². The van der Waals surface area contributed by atoms with Crippen molar-refractivity contribution < 1.29 is 24.9 Å². The van der Waals surface area contributed by atoms with Gasteiger partial charge in [0.15, 0.2) is 0 Å². The van der Waals surface area contributed by atoms with Crippen molar-refractivity contribution >= 4 is 11.9 Å². The molecule has 0 spiro atoms. The van der Waals surface area contributed by atoms with Crippen LogP contribution in [0.4, 0.5) is 0 Å². The average molecular weight is 340 g/mol. The number of aliphatic hydroxyl groups is 1. The summed E-state index contributed by atoms with van der Waals surface area (Å²) in [6, 6.07) is 0. The average Bonchev–Trinajstić information content (AvgIpc) is 3.42. The number of carboxylic acid groups (broad SMARTS) is 2. The van der Waals surface area contributed by atoms with E-state index in [1.165, 1.54) is 0 Å². The first-order valence-electron chi connectivity index (χ1n) is 9.55. The molecule has 0 heterocycles. The van der Waals surface area contributed by atoms with Crippen molar-refractivity contribution in [1.82, 2.24) is 0 Å². The van der Waals surface area contributed by atoms with Crippen molar-refractivity contribution in [3.05, 3.63) is 0 Å². The monoisotopic (exact) mass is 340 g/mol. The van der Waals surface area contributed by atoms with Gasteiger partial charge < -0.3 is 15.3 Å². The smallest absolute Gasteiger partial charge is 0.309 e. The van der Waals surface area contributed by atoms with Gasteiger partial charge in [-0.1, -0.05) is 38.5 Å². The number of carboxylic acids is 2. The molecular formula is C19H32O5. The van der Waals surface area contributed by atoms with E-state index in [1.807, 2.05) is 0 Å². The molecule has 0 bridgehead atoms. The Bertz CT molecular complexity index is 397. The van der Waals surface area contributed by atoms with E-state index in [4.69, 9.17) is 10.2 Å². The van der Waals surface area contributed by atoms with E-state index < -0.39 is 22.8 Å². The summed E-state index contributed by atoms with van der Waals surface area (Å²) in [7, 11) is 0. The molecule has 0 atom stereocenters. The van der Waals surface area contributed by atoms with Crippen LogP contribution in [0.1, 0.15) is 89.9 Å². The van der Waals surface area contributed by atoms with Crippen molar-refractivity contribution in [2.45, 2.75) is 96.0 Å². The van der Waals surface area contributed by atoms with Crippen molar-refractivity contribution in [2.75, 3.05) is 0 Å². The zero-order valence-electron chi connectivity index (χ0n) is 14.6. The minimum absolute atomic E-state index is 0.270. The Kier molecular flexibility index (Phi) is 6.67. The van der Waals surface area contributed by atoms with Crippen LogP contribution in [-0.4, -0.2) is 33.4 Å². The van der Waals surface area contributed by atoms with Crippen molar-refractivity contribution in [2.24, 2.45) is 10.8 Å². The molecule has 138 valence electrons. The van der Waals surface area contributed by atoms with Crippen LogP contribution in [0.25, 0.3) is 0 Å². The number of hydrogen-bond donors (Lipinski definition) is 3. The minimum Gasteiger partial charge on any atom is -0.481 e. The molecule has 0 aromatic heterocycles. The highest BCUT2D eigenvalue weighted by Crippen LogP contribution is 2.50. The number of hydrogen-bond acceptors (Lipinski definition) is 3. The maximum Gasteiger partial charge on any atom is 0.309 e. The Balaban J connectivity index is 1.41. The molecular weight excluding hydrogens is 308 g/mol. The summed E-state index contributed by atoms with van der Waals surface area (Å²) >= 11 is 0. The summed E-state index contributed by atoms with van der Waals surface area (Å²) in [6.07, 6.45) is 12.0. The number of carbonyl (C=O) groups is 2.